The molecular weight excluding hydrogens is 233 g/mol. The lowest BCUT2D eigenvalue weighted by atomic mass is 9.96. The van der Waals surface area contributed by atoms with Crippen molar-refractivity contribution in [3.63, 3.8) is 0 Å². The predicted octanol–water partition coefficient (Wildman–Crippen LogP) is 2.26. The second-order valence-electron chi connectivity index (χ2n) is 5.01. The Morgan fingerprint density at radius 3 is 2.67 bits per heavy atom. The standard InChI is InChI=1S/C14H22FNO2/c1-10-7-12(5-6-13(10)15)18-11(2)8-14(3,9-17)16-4/h5-7,11,16-17H,8-9H2,1-4H3. The first-order chi connectivity index (χ1) is 8.40. The minimum absolute atomic E-state index is 0.0413. The number of nitrogens with one attached hydrogen (secondary N) is 1. The quantitative estimate of drug-likeness (QED) is 0.819. The lowest BCUT2D eigenvalue weighted by Gasteiger charge is -2.30. The maximum atomic E-state index is 13.1. The fourth-order valence-corrected chi connectivity index (χ4v) is 1.84. The first-order valence-electron chi connectivity index (χ1n) is 6.13. The van der Waals surface area contributed by atoms with Crippen LogP contribution in [-0.4, -0.2) is 30.4 Å². The highest BCUT2D eigenvalue weighted by atomic mass is 19.1. The first-order valence-corrected chi connectivity index (χ1v) is 6.13. The molecule has 0 saturated heterocycles. The molecule has 4 heteroatoms. The number of rotatable bonds is 6. The van der Waals surface area contributed by atoms with E-state index in [9.17, 15) is 9.50 Å². The number of hydrogen-bond acceptors (Lipinski definition) is 3. The summed E-state index contributed by atoms with van der Waals surface area (Å²) in [6.07, 6.45) is 0.593. The zero-order valence-electron chi connectivity index (χ0n) is 11.5. The summed E-state index contributed by atoms with van der Waals surface area (Å²) >= 11 is 0. The van der Waals surface area contributed by atoms with Crippen molar-refractivity contribution >= 4 is 0 Å². The third-order valence-electron chi connectivity index (χ3n) is 3.16. The second-order valence-corrected chi connectivity index (χ2v) is 5.01. The Bertz CT molecular complexity index is 391. The number of aliphatic hydroxyl groups is 1. The van der Waals surface area contributed by atoms with Gasteiger partial charge in [-0.2, -0.15) is 0 Å². The van der Waals surface area contributed by atoms with Gasteiger partial charge >= 0.3 is 0 Å². The highest BCUT2D eigenvalue weighted by molar-refractivity contribution is 5.29. The van der Waals surface area contributed by atoms with Crippen molar-refractivity contribution in [2.75, 3.05) is 13.7 Å². The topological polar surface area (TPSA) is 41.5 Å². The van der Waals surface area contributed by atoms with Crippen LogP contribution in [0.2, 0.25) is 0 Å². The van der Waals surface area contributed by atoms with E-state index in [0.717, 1.165) is 0 Å². The van der Waals surface area contributed by atoms with Crippen LogP contribution in [0.4, 0.5) is 4.39 Å². The van der Waals surface area contributed by atoms with Crippen LogP contribution in [-0.2, 0) is 0 Å². The van der Waals surface area contributed by atoms with Gasteiger partial charge in [0, 0.05) is 12.0 Å². The molecule has 0 aliphatic rings. The van der Waals surface area contributed by atoms with Gasteiger partial charge in [0.2, 0.25) is 0 Å². The largest absolute Gasteiger partial charge is 0.491 e. The lowest BCUT2D eigenvalue weighted by molar-refractivity contribution is 0.115. The molecule has 0 spiro atoms. The maximum absolute atomic E-state index is 13.1. The van der Waals surface area contributed by atoms with Gasteiger partial charge in [-0.25, -0.2) is 4.39 Å². The molecule has 0 amide bonds. The smallest absolute Gasteiger partial charge is 0.126 e. The van der Waals surface area contributed by atoms with Crippen LogP contribution in [0, 0.1) is 12.7 Å². The van der Waals surface area contributed by atoms with E-state index in [0.29, 0.717) is 17.7 Å². The molecule has 0 aliphatic heterocycles. The van der Waals surface area contributed by atoms with Crippen LogP contribution < -0.4 is 10.1 Å². The van der Waals surface area contributed by atoms with Crippen LogP contribution in [0.3, 0.4) is 0 Å². The van der Waals surface area contributed by atoms with Gasteiger partial charge in [0.25, 0.3) is 0 Å². The van der Waals surface area contributed by atoms with Crippen molar-refractivity contribution in [2.24, 2.45) is 0 Å². The molecule has 0 heterocycles. The molecule has 0 aliphatic carbocycles. The second kappa shape index (κ2) is 6.16. The molecular formula is C14H22FNO2. The number of likely N-dealkylation sites (N-methyl/N-ethyl adjacent to an activating group) is 1. The van der Waals surface area contributed by atoms with Crippen molar-refractivity contribution in [1.82, 2.24) is 5.32 Å². The van der Waals surface area contributed by atoms with Crippen molar-refractivity contribution in [2.45, 2.75) is 38.8 Å². The summed E-state index contributed by atoms with van der Waals surface area (Å²) in [6.45, 7) is 5.62. The third-order valence-corrected chi connectivity index (χ3v) is 3.16. The molecule has 0 saturated carbocycles. The lowest BCUT2D eigenvalue weighted by Crippen LogP contribution is -2.46. The van der Waals surface area contributed by atoms with E-state index in [-0.39, 0.29) is 24.1 Å². The fraction of sp³-hybridized carbons (Fsp3) is 0.571. The van der Waals surface area contributed by atoms with Gasteiger partial charge in [0.05, 0.1) is 12.7 Å². The average molecular weight is 255 g/mol. The number of hydrogen-bond donors (Lipinski definition) is 2. The van der Waals surface area contributed by atoms with E-state index in [4.69, 9.17) is 4.74 Å². The van der Waals surface area contributed by atoms with Gasteiger partial charge in [-0.15, -0.1) is 0 Å². The van der Waals surface area contributed by atoms with Gasteiger partial charge in [0.15, 0.2) is 0 Å². The first kappa shape index (κ1) is 14.9. The summed E-state index contributed by atoms with van der Waals surface area (Å²) in [5, 5.41) is 12.4. The molecule has 0 bridgehead atoms. The van der Waals surface area contributed by atoms with Crippen molar-refractivity contribution in [1.29, 1.82) is 0 Å². The Kier molecular flexibility index (Phi) is 5.11. The summed E-state index contributed by atoms with van der Waals surface area (Å²) in [5.74, 6) is 0.420. The van der Waals surface area contributed by atoms with E-state index in [1.807, 2.05) is 20.9 Å². The minimum atomic E-state index is -0.367. The predicted molar refractivity (Wildman–Crippen MR) is 70.4 cm³/mol. The molecule has 3 nitrogen and oxygen atoms in total. The van der Waals surface area contributed by atoms with E-state index < -0.39 is 0 Å². The van der Waals surface area contributed by atoms with Gasteiger partial charge in [-0.1, -0.05) is 0 Å². The monoisotopic (exact) mass is 255 g/mol. The zero-order valence-corrected chi connectivity index (χ0v) is 11.5. The summed E-state index contributed by atoms with van der Waals surface area (Å²) in [6, 6.07) is 4.71. The summed E-state index contributed by atoms with van der Waals surface area (Å²) < 4.78 is 18.8. The molecule has 2 N–H and O–H groups in total. The van der Waals surface area contributed by atoms with Crippen LogP contribution >= 0.6 is 0 Å². The third kappa shape index (κ3) is 3.96. The molecule has 102 valence electrons. The molecule has 0 fully saturated rings. The van der Waals surface area contributed by atoms with Gasteiger partial charge in [0.1, 0.15) is 11.6 Å². The van der Waals surface area contributed by atoms with Gasteiger partial charge in [-0.05, 0) is 51.6 Å². The Morgan fingerprint density at radius 2 is 2.17 bits per heavy atom. The molecule has 0 aromatic heterocycles. The summed E-state index contributed by atoms with van der Waals surface area (Å²) in [5.41, 5.74) is 0.201. The van der Waals surface area contributed by atoms with Crippen LogP contribution in [0.5, 0.6) is 5.75 Å². The van der Waals surface area contributed by atoms with E-state index in [1.165, 1.54) is 6.07 Å². The Balaban J connectivity index is 2.64. The zero-order chi connectivity index (χ0) is 13.8. The van der Waals surface area contributed by atoms with Gasteiger partial charge < -0.3 is 15.2 Å². The number of ether oxygens (including phenoxy) is 1. The van der Waals surface area contributed by atoms with Crippen molar-refractivity contribution in [3.8, 4) is 5.75 Å². The summed E-state index contributed by atoms with van der Waals surface area (Å²) in [7, 11) is 1.81. The van der Waals surface area contributed by atoms with Crippen LogP contribution in [0.15, 0.2) is 18.2 Å². The highest BCUT2D eigenvalue weighted by Crippen LogP contribution is 2.20. The minimum Gasteiger partial charge on any atom is -0.491 e. The SMILES string of the molecule is CNC(C)(CO)CC(C)Oc1ccc(F)c(C)c1. The molecule has 0 radical (unpaired) electrons. The maximum Gasteiger partial charge on any atom is 0.126 e. The summed E-state index contributed by atoms with van der Waals surface area (Å²) in [4.78, 5) is 0. The molecule has 2 unspecified atom stereocenters. The molecule has 18 heavy (non-hydrogen) atoms. The number of benzene rings is 1. The molecule has 1 rings (SSSR count). The van der Waals surface area contributed by atoms with E-state index >= 15 is 0 Å². The Morgan fingerprint density at radius 1 is 1.50 bits per heavy atom. The van der Waals surface area contributed by atoms with Crippen molar-refractivity contribution < 1.29 is 14.2 Å². The van der Waals surface area contributed by atoms with Crippen LogP contribution in [0.1, 0.15) is 25.8 Å². The Hall–Kier alpha value is -1.13. The average Bonchev–Trinajstić information content (AvgIpc) is 2.33. The number of aryl methyl sites for hydroxylation is 1. The molecule has 1 aromatic rings. The fourth-order valence-electron chi connectivity index (χ4n) is 1.84. The van der Waals surface area contributed by atoms with E-state index in [2.05, 4.69) is 5.32 Å². The van der Waals surface area contributed by atoms with Crippen LogP contribution in [0.25, 0.3) is 0 Å². The molecule has 2 atom stereocenters. The highest BCUT2D eigenvalue weighted by Gasteiger charge is 2.24. The van der Waals surface area contributed by atoms with Gasteiger partial charge in [-0.3, -0.25) is 0 Å². The number of halogens is 1. The van der Waals surface area contributed by atoms with E-state index in [1.54, 1.807) is 19.1 Å². The normalized spacial score (nSPS) is 16.1. The Labute approximate surface area is 108 Å². The van der Waals surface area contributed by atoms with Crippen molar-refractivity contribution in [3.05, 3.63) is 29.6 Å². The number of aliphatic hydroxyl groups excluding tert-OH is 1. The molecule has 1 aromatic carbocycles.